The number of benzene rings is 1. The van der Waals surface area contributed by atoms with Crippen molar-refractivity contribution in [3.8, 4) is 5.82 Å². The Bertz CT molecular complexity index is 736. The van der Waals surface area contributed by atoms with Gasteiger partial charge in [-0.25, -0.2) is 15.0 Å². The van der Waals surface area contributed by atoms with E-state index < -0.39 is 0 Å². The fraction of sp³-hybridized carbons (Fsp3) is 0.133. The molecule has 21 heavy (non-hydrogen) atoms. The van der Waals surface area contributed by atoms with E-state index in [0.717, 1.165) is 21.9 Å². The fourth-order valence-electron chi connectivity index (χ4n) is 1.99. The second kappa shape index (κ2) is 6.05. The van der Waals surface area contributed by atoms with Gasteiger partial charge in [-0.3, -0.25) is 4.57 Å². The average molecular weight is 344 g/mol. The first-order valence-corrected chi connectivity index (χ1v) is 7.32. The molecule has 2 aromatic heterocycles. The molecular formula is C15H14BrN5. The largest absolute Gasteiger partial charge is 0.366 e. The van der Waals surface area contributed by atoms with Gasteiger partial charge in [0, 0.05) is 29.5 Å². The van der Waals surface area contributed by atoms with Gasteiger partial charge in [0.25, 0.3) is 0 Å². The summed E-state index contributed by atoms with van der Waals surface area (Å²) in [7, 11) is 0. The van der Waals surface area contributed by atoms with Gasteiger partial charge in [0.15, 0.2) is 0 Å². The molecule has 0 bridgehead atoms. The SMILES string of the molecule is Cc1nccn1-c1cc(NCc2ccc(Br)cc2)ncn1. The summed E-state index contributed by atoms with van der Waals surface area (Å²) in [6.07, 6.45) is 5.20. The Kier molecular flexibility index (Phi) is 3.96. The van der Waals surface area contributed by atoms with E-state index in [1.54, 1.807) is 12.5 Å². The van der Waals surface area contributed by atoms with E-state index >= 15 is 0 Å². The van der Waals surface area contributed by atoms with Crippen molar-refractivity contribution >= 4 is 21.7 Å². The molecule has 0 spiro atoms. The summed E-state index contributed by atoms with van der Waals surface area (Å²) in [5.74, 6) is 2.49. The molecular weight excluding hydrogens is 330 g/mol. The molecule has 0 aliphatic rings. The molecule has 106 valence electrons. The van der Waals surface area contributed by atoms with E-state index in [9.17, 15) is 0 Å². The number of nitrogens with one attached hydrogen (secondary N) is 1. The predicted octanol–water partition coefficient (Wildman–Crippen LogP) is 3.35. The third-order valence-electron chi connectivity index (χ3n) is 3.11. The highest BCUT2D eigenvalue weighted by Gasteiger charge is 2.03. The maximum atomic E-state index is 4.27. The third-order valence-corrected chi connectivity index (χ3v) is 3.64. The number of halogens is 1. The molecule has 0 radical (unpaired) electrons. The molecule has 1 aromatic carbocycles. The summed E-state index contributed by atoms with van der Waals surface area (Å²) in [6.45, 7) is 2.66. The van der Waals surface area contributed by atoms with Crippen LogP contribution in [0.1, 0.15) is 11.4 Å². The van der Waals surface area contributed by atoms with Gasteiger partial charge in [-0.2, -0.15) is 0 Å². The van der Waals surface area contributed by atoms with Crippen molar-refractivity contribution in [1.29, 1.82) is 0 Å². The number of aryl methyl sites for hydroxylation is 1. The minimum atomic E-state index is 0.715. The first-order chi connectivity index (χ1) is 10.2. The van der Waals surface area contributed by atoms with Gasteiger partial charge in [-0.15, -0.1) is 0 Å². The van der Waals surface area contributed by atoms with Crippen LogP contribution in [0.15, 0.2) is 53.5 Å². The Morgan fingerprint density at radius 2 is 1.95 bits per heavy atom. The van der Waals surface area contributed by atoms with Crippen LogP contribution in [-0.2, 0) is 6.54 Å². The molecule has 0 unspecified atom stereocenters. The lowest BCUT2D eigenvalue weighted by Gasteiger charge is -2.08. The maximum absolute atomic E-state index is 4.27. The van der Waals surface area contributed by atoms with Crippen molar-refractivity contribution in [3.05, 3.63) is 64.9 Å². The minimum absolute atomic E-state index is 0.715. The molecule has 3 aromatic rings. The zero-order valence-electron chi connectivity index (χ0n) is 11.5. The monoisotopic (exact) mass is 343 g/mol. The summed E-state index contributed by atoms with van der Waals surface area (Å²) in [5.41, 5.74) is 1.19. The van der Waals surface area contributed by atoms with Crippen LogP contribution in [-0.4, -0.2) is 19.5 Å². The van der Waals surface area contributed by atoms with Gasteiger partial charge in [-0.05, 0) is 24.6 Å². The van der Waals surface area contributed by atoms with Gasteiger partial charge in [0.05, 0.1) is 0 Å². The molecule has 1 N–H and O–H groups in total. The summed E-state index contributed by atoms with van der Waals surface area (Å²) < 4.78 is 3.00. The Hall–Kier alpha value is -2.21. The highest BCUT2D eigenvalue weighted by molar-refractivity contribution is 9.10. The summed E-state index contributed by atoms with van der Waals surface area (Å²) in [4.78, 5) is 12.7. The standard InChI is InChI=1S/C15H14BrN5/c1-11-17-6-7-21(11)15-8-14(19-10-20-15)18-9-12-2-4-13(16)5-3-12/h2-8,10H,9H2,1H3,(H,18,19,20). The van der Waals surface area contributed by atoms with Crippen LogP contribution in [0, 0.1) is 6.92 Å². The number of hydrogen-bond acceptors (Lipinski definition) is 4. The van der Waals surface area contributed by atoms with Crippen LogP contribution in [0.4, 0.5) is 5.82 Å². The molecule has 0 saturated carbocycles. The van der Waals surface area contributed by atoms with Crippen LogP contribution in [0.2, 0.25) is 0 Å². The van der Waals surface area contributed by atoms with Gasteiger partial charge in [0.1, 0.15) is 23.8 Å². The van der Waals surface area contributed by atoms with Crippen molar-refractivity contribution in [3.63, 3.8) is 0 Å². The number of aromatic nitrogens is 4. The highest BCUT2D eigenvalue weighted by atomic mass is 79.9. The molecule has 6 heteroatoms. The van der Waals surface area contributed by atoms with Crippen LogP contribution in [0.25, 0.3) is 5.82 Å². The lowest BCUT2D eigenvalue weighted by atomic mass is 10.2. The van der Waals surface area contributed by atoms with E-state index in [2.05, 4.69) is 48.3 Å². The molecule has 3 rings (SSSR count). The predicted molar refractivity (Wildman–Crippen MR) is 85.4 cm³/mol. The van der Waals surface area contributed by atoms with Crippen molar-refractivity contribution in [2.45, 2.75) is 13.5 Å². The summed E-state index contributed by atoms with van der Waals surface area (Å²) in [5, 5.41) is 3.30. The maximum Gasteiger partial charge on any atom is 0.143 e. The average Bonchev–Trinajstić information content (AvgIpc) is 2.93. The minimum Gasteiger partial charge on any atom is -0.366 e. The summed E-state index contributed by atoms with van der Waals surface area (Å²) in [6, 6.07) is 10.1. The quantitative estimate of drug-likeness (QED) is 0.789. The van der Waals surface area contributed by atoms with E-state index in [1.807, 2.05) is 35.9 Å². The first-order valence-electron chi connectivity index (χ1n) is 6.53. The van der Waals surface area contributed by atoms with Crippen molar-refractivity contribution in [1.82, 2.24) is 19.5 Å². The zero-order valence-corrected chi connectivity index (χ0v) is 13.1. The molecule has 0 aliphatic carbocycles. The van der Waals surface area contributed by atoms with Crippen molar-refractivity contribution in [2.24, 2.45) is 0 Å². The molecule has 5 nitrogen and oxygen atoms in total. The van der Waals surface area contributed by atoms with Crippen LogP contribution < -0.4 is 5.32 Å². The Morgan fingerprint density at radius 1 is 1.14 bits per heavy atom. The van der Waals surface area contributed by atoms with Crippen LogP contribution in [0.3, 0.4) is 0 Å². The van der Waals surface area contributed by atoms with Crippen molar-refractivity contribution < 1.29 is 0 Å². The van der Waals surface area contributed by atoms with Gasteiger partial charge < -0.3 is 5.32 Å². The lowest BCUT2D eigenvalue weighted by Crippen LogP contribution is -2.04. The topological polar surface area (TPSA) is 55.6 Å². The number of rotatable bonds is 4. The van der Waals surface area contributed by atoms with E-state index in [0.29, 0.717) is 6.54 Å². The normalized spacial score (nSPS) is 10.6. The highest BCUT2D eigenvalue weighted by Crippen LogP contribution is 2.14. The third kappa shape index (κ3) is 3.28. The van der Waals surface area contributed by atoms with Gasteiger partial charge in [-0.1, -0.05) is 28.1 Å². The van der Waals surface area contributed by atoms with Crippen LogP contribution in [0.5, 0.6) is 0 Å². The number of imidazole rings is 1. The van der Waals surface area contributed by atoms with Gasteiger partial charge in [0.2, 0.25) is 0 Å². The summed E-state index contributed by atoms with van der Waals surface area (Å²) >= 11 is 3.43. The smallest absolute Gasteiger partial charge is 0.143 e. The Morgan fingerprint density at radius 3 is 2.67 bits per heavy atom. The number of hydrogen-bond donors (Lipinski definition) is 1. The van der Waals surface area contributed by atoms with E-state index in [4.69, 9.17) is 0 Å². The second-order valence-electron chi connectivity index (χ2n) is 4.59. The second-order valence-corrected chi connectivity index (χ2v) is 5.50. The van der Waals surface area contributed by atoms with E-state index in [-0.39, 0.29) is 0 Å². The molecule has 0 amide bonds. The molecule has 0 fully saturated rings. The molecule has 2 heterocycles. The van der Waals surface area contributed by atoms with E-state index in [1.165, 1.54) is 5.56 Å². The number of nitrogens with zero attached hydrogens (tertiary/aromatic N) is 4. The lowest BCUT2D eigenvalue weighted by molar-refractivity contribution is 0.917. The number of anilines is 1. The van der Waals surface area contributed by atoms with Crippen molar-refractivity contribution in [2.75, 3.05) is 5.32 Å². The Labute approximate surface area is 131 Å². The first kappa shape index (κ1) is 13.8. The molecule has 0 atom stereocenters. The van der Waals surface area contributed by atoms with Crippen LogP contribution >= 0.6 is 15.9 Å². The van der Waals surface area contributed by atoms with Gasteiger partial charge >= 0.3 is 0 Å². The molecule has 0 saturated heterocycles. The Balaban J connectivity index is 1.74. The fourth-order valence-corrected chi connectivity index (χ4v) is 2.25. The zero-order chi connectivity index (χ0) is 14.7. The molecule has 0 aliphatic heterocycles.